The molecule has 0 saturated heterocycles. The van der Waals surface area contributed by atoms with Gasteiger partial charge in [-0.2, -0.15) is 5.26 Å². The molecule has 68 valence electrons. The smallest absolute Gasteiger partial charge is 0.322 e. The minimum atomic E-state index is -0.608. The molecule has 4 nitrogen and oxygen atoms in total. The van der Waals surface area contributed by atoms with Crippen molar-refractivity contribution < 1.29 is 9.53 Å². The molecule has 4 heteroatoms. The number of nitriles is 1. The van der Waals surface area contributed by atoms with E-state index in [0.717, 1.165) is 0 Å². The van der Waals surface area contributed by atoms with Crippen LogP contribution in [0, 0.1) is 17.2 Å². The normalized spacial score (nSPS) is 14.5. The van der Waals surface area contributed by atoms with Crippen LogP contribution in [0.5, 0.6) is 0 Å². The standard InChI is InChI=1S/C8H14N2O2/c1-6(4-3-5-9)7(10)8(11)12-2/h6-7H,3-4,10H2,1-2H3. The fourth-order valence-electron chi connectivity index (χ4n) is 0.840. The average Bonchev–Trinajstić information content (AvgIpc) is 2.11. The van der Waals surface area contributed by atoms with Gasteiger partial charge in [-0.15, -0.1) is 0 Å². The summed E-state index contributed by atoms with van der Waals surface area (Å²) in [6, 6.07) is 1.39. The Morgan fingerprint density at radius 3 is 2.75 bits per heavy atom. The first-order valence-electron chi connectivity index (χ1n) is 3.83. The van der Waals surface area contributed by atoms with Crippen molar-refractivity contribution in [1.82, 2.24) is 0 Å². The average molecular weight is 170 g/mol. The van der Waals surface area contributed by atoms with Gasteiger partial charge < -0.3 is 10.5 Å². The number of hydrogen-bond acceptors (Lipinski definition) is 4. The van der Waals surface area contributed by atoms with Gasteiger partial charge in [-0.25, -0.2) is 0 Å². The van der Waals surface area contributed by atoms with E-state index in [1.54, 1.807) is 0 Å². The van der Waals surface area contributed by atoms with E-state index in [4.69, 9.17) is 11.0 Å². The number of carbonyl (C=O) groups excluding carboxylic acids is 1. The van der Waals surface area contributed by atoms with Gasteiger partial charge in [0.15, 0.2) is 0 Å². The summed E-state index contributed by atoms with van der Waals surface area (Å²) in [6.07, 6.45) is 1.05. The first-order chi connectivity index (χ1) is 5.63. The first kappa shape index (κ1) is 10.9. The summed E-state index contributed by atoms with van der Waals surface area (Å²) in [5.41, 5.74) is 5.53. The van der Waals surface area contributed by atoms with Crippen LogP contribution in [-0.4, -0.2) is 19.1 Å². The van der Waals surface area contributed by atoms with Crippen LogP contribution in [0.2, 0.25) is 0 Å². The fourth-order valence-corrected chi connectivity index (χ4v) is 0.840. The Hall–Kier alpha value is -1.08. The van der Waals surface area contributed by atoms with Crippen molar-refractivity contribution in [1.29, 1.82) is 5.26 Å². The van der Waals surface area contributed by atoms with E-state index >= 15 is 0 Å². The molecule has 0 aromatic heterocycles. The Balaban J connectivity index is 3.85. The summed E-state index contributed by atoms with van der Waals surface area (Å²) in [7, 11) is 1.30. The number of ether oxygens (including phenoxy) is 1. The maximum Gasteiger partial charge on any atom is 0.322 e. The van der Waals surface area contributed by atoms with Crippen LogP contribution >= 0.6 is 0 Å². The third-order valence-electron chi connectivity index (χ3n) is 1.80. The predicted molar refractivity (Wildman–Crippen MR) is 44.0 cm³/mol. The van der Waals surface area contributed by atoms with Gasteiger partial charge in [-0.3, -0.25) is 4.79 Å². The molecule has 0 fully saturated rings. The van der Waals surface area contributed by atoms with E-state index in [-0.39, 0.29) is 5.92 Å². The van der Waals surface area contributed by atoms with Crippen molar-refractivity contribution in [3.05, 3.63) is 0 Å². The zero-order valence-corrected chi connectivity index (χ0v) is 7.41. The molecule has 0 rings (SSSR count). The number of hydrogen-bond donors (Lipinski definition) is 1. The topological polar surface area (TPSA) is 76.1 Å². The third kappa shape index (κ3) is 3.35. The minimum absolute atomic E-state index is 0.00269. The second kappa shape index (κ2) is 5.56. The van der Waals surface area contributed by atoms with Gasteiger partial charge in [0.25, 0.3) is 0 Å². The van der Waals surface area contributed by atoms with Crippen molar-refractivity contribution in [3.63, 3.8) is 0 Å². The highest BCUT2D eigenvalue weighted by Gasteiger charge is 2.20. The molecule has 0 amide bonds. The summed E-state index contributed by atoms with van der Waals surface area (Å²) in [6.45, 7) is 1.83. The molecular weight excluding hydrogens is 156 g/mol. The molecule has 0 aliphatic carbocycles. The molecule has 0 bridgehead atoms. The Kier molecular flexibility index (Phi) is 5.06. The molecule has 0 aromatic rings. The fraction of sp³-hybridized carbons (Fsp3) is 0.750. The minimum Gasteiger partial charge on any atom is -0.468 e. The van der Waals surface area contributed by atoms with Gasteiger partial charge in [0.2, 0.25) is 0 Å². The van der Waals surface area contributed by atoms with Gasteiger partial charge in [0.1, 0.15) is 6.04 Å². The monoisotopic (exact) mass is 170 g/mol. The van der Waals surface area contributed by atoms with Crippen LogP contribution < -0.4 is 5.73 Å². The number of carbonyl (C=O) groups is 1. The Bertz CT molecular complexity index is 186. The zero-order chi connectivity index (χ0) is 9.56. The molecule has 0 aromatic carbocycles. The van der Waals surface area contributed by atoms with E-state index < -0.39 is 12.0 Å². The molecular formula is C8H14N2O2. The molecule has 0 aliphatic heterocycles. The largest absolute Gasteiger partial charge is 0.468 e. The molecule has 12 heavy (non-hydrogen) atoms. The quantitative estimate of drug-likeness (QED) is 0.620. The highest BCUT2D eigenvalue weighted by molar-refractivity contribution is 5.75. The zero-order valence-electron chi connectivity index (χ0n) is 7.41. The summed E-state index contributed by atoms with van der Waals surface area (Å²) in [5, 5.41) is 8.29. The highest BCUT2D eigenvalue weighted by atomic mass is 16.5. The maximum absolute atomic E-state index is 10.9. The van der Waals surface area contributed by atoms with Crippen molar-refractivity contribution in [2.45, 2.75) is 25.8 Å². The molecule has 2 N–H and O–H groups in total. The molecule has 2 unspecified atom stereocenters. The van der Waals surface area contributed by atoms with E-state index in [1.807, 2.05) is 13.0 Å². The van der Waals surface area contributed by atoms with Crippen LogP contribution in [0.25, 0.3) is 0 Å². The number of esters is 1. The Morgan fingerprint density at radius 1 is 1.75 bits per heavy atom. The summed E-state index contributed by atoms with van der Waals surface area (Å²) >= 11 is 0. The van der Waals surface area contributed by atoms with Crippen molar-refractivity contribution >= 4 is 5.97 Å². The highest BCUT2D eigenvalue weighted by Crippen LogP contribution is 2.09. The number of nitrogens with zero attached hydrogens (tertiary/aromatic N) is 1. The Morgan fingerprint density at radius 2 is 2.33 bits per heavy atom. The molecule has 0 heterocycles. The van der Waals surface area contributed by atoms with Crippen LogP contribution in [0.15, 0.2) is 0 Å². The second-order valence-electron chi connectivity index (χ2n) is 2.72. The van der Waals surface area contributed by atoms with Gasteiger partial charge in [-0.05, 0) is 12.3 Å². The van der Waals surface area contributed by atoms with Crippen LogP contribution in [0.4, 0.5) is 0 Å². The van der Waals surface area contributed by atoms with Crippen LogP contribution in [-0.2, 0) is 9.53 Å². The SMILES string of the molecule is COC(=O)C(N)C(C)CCC#N. The lowest BCUT2D eigenvalue weighted by Gasteiger charge is -2.15. The lowest BCUT2D eigenvalue weighted by Crippen LogP contribution is -2.37. The van der Waals surface area contributed by atoms with E-state index in [0.29, 0.717) is 12.8 Å². The van der Waals surface area contributed by atoms with Gasteiger partial charge in [0, 0.05) is 6.42 Å². The third-order valence-corrected chi connectivity index (χ3v) is 1.80. The number of methoxy groups -OCH3 is 1. The van der Waals surface area contributed by atoms with Crippen molar-refractivity contribution in [2.24, 2.45) is 11.7 Å². The van der Waals surface area contributed by atoms with E-state index in [2.05, 4.69) is 4.74 Å². The molecule has 0 radical (unpaired) electrons. The Labute approximate surface area is 72.3 Å². The van der Waals surface area contributed by atoms with Crippen LogP contribution in [0.3, 0.4) is 0 Å². The summed E-state index contributed by atoms with van der Waals surface area (Å²) in [4.78, 5) is 10.9. The van der Waals surface area contributed by atoms with E-state index in [9.17, 15) is 4.79 Å². The second-order valence-corrected chi connectivity index (χ2v) is 2.72. The number of nitrogens with two attached hydrogens (primary N) is 1. The summed E-state index contributed by atoms with van der Waals surface area (Å²) in [5.74, 6) is -0.419. The summed E-state index contributed by atoms with van der Waals surface area (Å²) < 4.78 is 4.47. The molecule has 0 saturated carbocycles. The molecule has 0 spiro atoms. The van der Waals surface area contributed by atoms with Crippen LogP contribution in [0.1, 0.15) is 19.8 Å². The van der Waals surface area contributed by atoms with Crippen molar-refractivity contribution in [3.8, 4) is 6.07 Å². The van der Waals surface area contributed by atoms with Gasteiger partial charge >= 0.3 is 5.97 Å². The van der Waals surface area contributed by atoms with Gasteiger partial charge in [0.05, 0.1) is 13.2 Å². The lowest BCUT2D eigenvalue weighted by molar-refractivity contribution is -0.143. The van der Waals surface area contributed by atoms with Gasteiger partial charge in [-0.1, -0.05) is 6.92 Å². The van der Waals surface area contributed by atoms with Crippen molar-refractivity contribution in [2.75, 3.05) is 7.11 Å². The first-order valence-corrected chi connectivity index (χ1v) is 3.83. The van der Waals surface area contributed by atoms with E-state index in [1.165, 1.54) is 7.11 Å². The maximum atomic E-state index is 10.9. The number of rotatable bonds is 4. The predicted octanol–water partition coefficient (Wildman–Crippen LogP) is 0.427. The molecule has 2 atom stereocenters. The lowest BCUT2D eigenvalue weighted by atomic mass is 9.98. The molecule has 0 aliphatic rings.